The number of aromatic nitrogens is 1. The van der Waals surface area contributed by atoms with E-state index in [4.69, 9.17) is 11.5 Å². The Kier molecular flexibility index (Phi) is 4.10. The van der Waals surface area contributed by atoms with E-state index in [0.29, 0.717) is 13.1 Å². The Labute approximate surface area is 103 Å². The van der Waals surface area contributed by atoms with Gasteiger partial charge in [-0.2, -0.15) is 0 Å². The van der Waals surface area contributed by atoms with Gasteiger partial charge in [-0.15, -0.1) is 0 Å². The summed E-state index contributed by atoms with van der Waals surface area (Å²) in [7, 11) is 0. The van der Waals surface area contributed by atoms with Crippen molar-refractivity contribution >= 4 is 0 Å². The van der Waals surface area contributed by atoms with E-state index >= 15 is 0 Å². The molecule has 1 aromatic rings. The van der Waals surface area contributed by atoms with E-state index < -0.39 is 0 Å². The fraction of sp³-hybridized carbons (Fsp3) is 0.615. The van der Waals surface area contributed by atoms with E-state index in [1.54, 1.807) is 0 Å². The van der Waals surface area contributed by atoms with E-state index in [9.17, 15) is 0 Å². The summed E-state index contributed by atoms with van der Waals surface area (Å²) in [5.74, 6) is 0. The van der Waals surface area contributed by atoms with Crippen molar-refractivity contribution in [1.29, 1.82) is 0 Å². The van der Waals surface area contributed by atoms with Crippen molar-refractivity contribution in [2.24, 2.45) is 16.9 Å². The first-order valence-corrected chi connectivity index (χ1v) is 6.29. The van der Waals surface area contributed by atoms with Crippen LogP contribution in [0.15, 0.2) is 24.5 Å². The predicted molar refractivity (Wildman–Crippen MR) is 69.3 cm³/mol. The summed E-state index contributed by atoms with van der Waals surface area (Å²) >= 11 is 0. The van der Waals surface area contributed by atoms with Crippen molar-refractivity contribution in [3.8, 4) is 0 Å². The highest BCUT2D eigenvalue weighted by atomic mass is 15.1. The van der Waals surface area contributed by atoms with Gasteiger partial charge >= 0.3 is 0 Å². The van der Waals surface area contributed by atoms with Crippen LogP contribution in [0, 0.1) is 5.41 Å². The number of likely N-dealkylation sites (tertiary alicyclic amines) is 1. The highest BCUT2D eigenvalue weighted by Crippen LogP contribution is 2.29. The molecule has 1 fully saturated rings. The van der Waals surface area contributed by atoms with Gasteiger partial charge in [0.05, 0.1) is 0 Å². The van der Waals surface area contributed by atoms with Crippen molar-refractivity contribution in [2.45, 2.75) is 19.4 Å². The third kappa shape index (κ3) is 3.03. The second-order valence-electron chi connectivity index (χ2n) is 5.04. The summed E-state index contributed by atoms with van der Waals surface area (Å²) in [5.41, 5.74) is 13.2. The molecule has 1 aliphatic heterocycles. The fourth-order valence-corrected chi connectivity index (χ4v) is 2.42. The number of hydrogen-bond donors (Lipinski definition) is 2. The van der Waals surface area contributed by atoms with E-state index in [1.807, 2.05) is 12.4 Å². The third-order valence-electron chi connectivity index (χ3n) is 3.94. The van der Waals surface area contributed by atoms with Crippen LogP contribution in [0.2, 0.25) is 0 Å². The molecule has 0 aliphatic carbocycles. The summed E-state index contributed by atoms with van der Waals surface area (Å²) in [6, 6.07) is 4.15. The molecular weight excluding hydrogens is 212 g/mol. The van der Waals surface area contributed by atoms with Gasteiger partial charge in [-0.05, 0) is 62.1 Å². The lowest BCUT2D eigenvalue weighted by Crippen LogP contribution is -2.47. The number of piperidine rings is 1. The number of hydrogen-bond acceptors (Lipinski definition) is 4. The molecule has 2 heterocycles. The second kappa shape index (κ2) is 5.58. The Morgan fingerprint density at radius 2 is 1.71 bits per heavy atom. The second-order valence-corrected chi connectivity index (χ2v) is 5.04. The van der Waals surface area contributed by atoms with Gasteiger partial charge in [0.2, 0.25) is 0 Å². The summed E-state index contributed by atoms with van der Waals surface area (Å²) in [5, 5.41) is 0. The maximum atomic E-state index is 5.84. The number of nitrogens with zero attached hydrogens (tertiary/aromatic N) is 2. The van der Waals surface area contributed by atoms with Crippen LogP contribution >= 0.6 is 0 Å². The monoisotopic (exact) mass is 234 g/mol. The standard InChI is InChI=1S/C13H22N4/c14-10-13(11-15)3-7-17(8-4-13)9-12-1-5-16-6-2-12/h1-2,5-6H,3-4,7-11,14-15H2. The smallest absolute Gasteiger partial charge is 0.0271 e. The zero-order valence-electron chi connectivity index (χ0n) is 10.3. The molecule has 2 rings (SSSR count). The number of pyridine rings is 1. The van der Waals surface area contributed by atoms with E-state index in [-0.39, 0.29) is 5.41 Å². The van der Waals surface area contributed by atoms with Crippen LogP contribution in [0.1, 0.15) is 18.4 Å². The lowest BCUT2D eigenvalue weighted by atomic mass is 9.78. The molecule has 1 saturated heterocycles. The van der Waals surface area contributed by atoms with Crippen LogP contribution < -0.4 is 11.5 Å². The molecule has 1 aliphatic rings. The molecule has 4 heteroatoms. The van der Waals surface area contributed by atoms with Gasteiger partial charge in [0.25, 0.3) is 0 Å². The maximum Gasteiger partial charge on any atom is 0.0271 e. The molecular formula is C13H22N4. The van der Waals surface area contributed by atoms with Crippen LogP contribution in [0.4, 0.5) is 0 Å². The fourth-order valence-electron chi connectivity index (χ4n) is 2.42. The molecule has 0 spiro atoms. The van der Waals surface area contributed by atoms with Crippen LogP contribution in [0.5, 0.6) is 0 Å². The molecule has 0 aromatic carbocycles. The van der Waals surface area contributed by atoms with Crippen LogP contribution in [-0.4, -0.2) is 36.1 Å². The van der Waals surface area contributed by atoms with E-state index in [1.165, 1.54) is 5.56 Å². The molecule has 1 aromatic heterocycles. The first-order valence-electron chi connectivity index (χ1n) is 6.29. The van der Waals surface area contributed by atoms with Crippen LogP contribution in [0.25, 0.3) is 0 Å². The van der Waals surface area contributed by atoms with Gasteiger partial charge < -0.3 is 11.5 Å². The summed E-state index contributed by atoms with van der Waals surface area (Å²) in [6.45, 7) is 4.63. The number of rotatable bonds is 4. The zero-order valence-corrected chi connectivity index (χ0v) is 10.3. The van der Waals surface area contributed by atoms with Crippen molar-refractivity contribution in [2.75, 3.05) is 26.2 Å². The van der Waals surface area contributed by atoms with E-state index in [0.717, 1.165) is 32.5 Å². The van der Waals surface area contributed by atoms with E-state index in [2.05, 4.69) is 22.0 Å². The molecule has 0 atom stereocenters. The molecule has 0 amide bonds. The highest BCUT2D eigenvalue weighted by Gasteiger charge is 2.31. The van der Waals surface area contributed by atoms with Crippen molar-refractivity contribution < 1.29 is 0 Å². The van der Waals surface area contributed by atoms with Crippen LogP contribution in [-0.2, 0) is 6.54 Å². The summed E-state index contributed by atoms with van der Waals surface area (Å²) in [6.07, 6.45) is 5.93. The van der Waals surface area contributed by atoms with Gasteiger partial charge in [-0.25, -0.2) is 0 Å². The van der Waals surface area contributed by atoms with Gasteiger partial charge in [-0.1, -0.05) is 0 Å². The molecule has 0 saturated carbocycles. The molecule has 0 unspecified atom stereocenters. The Balaban J connectivity index is 1.87. The topological polar surface area (TPSA) is 68.2 Å². The summed E-state index contributed by atoms with van der Waals surface area (Å²) < 4.78 is 0. The largest absolute Gasteiger partial charge is 0.330 e. The van der Waals surface area contributed by atoms with Crippen molar-refractivity contribution in [1.82, 2.24) is 9.88 Å². The average Bonchev–Trinajstić information content (AvgIpc) is 2.41. The predicted octanol–water partition coefficient (Wildman–Crippen LogP) is 0.581. The SMILES string of the molecule is NCC1(CN)CCN(Cc2ccncc2)CC1. The minimum atomic E-state index is 0.189. The maximum absolute atomic E-state index is 5.84. The number of nitrogens with two attached hydrogens (primary N) is 2. The molecule has 17 heavy (non-hydrogen) atoms. The normalized spacial score (nSPS) is 20.4. The Morgan fingerprint density at radius 3 is 2.24 bits per heavy atom. The lowest BCUT2D eigenvalue weighted by Gasteiger charge is -2.40. The van der Waals surface area contributed by atoms with Crippen molar-refractivity contribution in [3.05, 3.63) is 30.1 Å². The van der Waals surface area contributed by atoms with Gasteiger partial charge in [-0.3, -0.25) is 9.88 Å². The zero-order chi connectivity index (χ0) is 12.1. The van der Waals surface area contributed by atoms with Crippen molar-refractivity contribution in [3.63, 3.8) is 0 Å². The molecule has 4 nitrogen and oxygen atoms in total. The Hall–Kier alpha value is -0.970. The lowest BCUT2D eigenvalue weighted by molar-refractivity contribution is 0.111. The van der Waals surface area contributed by atoms with Gasteiger partial charge in [0.15, 0.2) is 0 Å². The quantitative estimate of drug-likeness (QED) is 0.799. The Bertz CT molecular complexity index is 325. The Morgan fingerprint density at radius 1 is 1.12 bits per heavy atom. The van der Waals surface area contributed by atoms with Gasteiger partial charge in [0, 0.05) is 18.9 Å². The minimum absolute atomic E-state index is 0.189. The third-order valence-corrected chi connectivity index (χ3v) is 3.94. The molecule has 0 bridgehead atoms. The molecule has 4 N–H and O–H groups in total. The minimum Gasteiger partial charge on any atom is -0.330 e. The first-order chi connectivity index (χ1) is 8.28. The first kappa shape index (κ1) is 12.5. The van der Waals surface area contributed by atoms with Gasteiger partial charge in [0.1, 0.15) is 0 Å². The molecule has 0 radical (unpaired) electrons. The van der Waals surface area contributed by atoms with Crippen LogP contribution in [0.3, 0.4) is 0 Å². The summed E-state index contributed by atoms with van der Waals surface area (Å²) in [4.78, 5) is 6.51. The highest BCUT2D eigenvalue weighted by molar-refractivity contribution is 5.09. The molecule has 94 valence electrons. The average molecular weight is 234 g/mol.